The van der Waals surface area contributed by atoms with Crippen molar-refractivity contribution in [1.29, 1.82) is 0 Å². The smallest absolute Gasteiger partial charge is 0.327 e. The lowest BCUT2D eigenvalue weighted by Crippen LogP contribution is -2.60. The monoisotopic (exact) mass is 243 g/mol. The number of aliphatic imine (C=N–C) groups is 1. The number of rotatable bonds is 5. The molecule has 0 saturated carbocycles. The molecule has 2 atom stereocenters. The van der Waals surface area contributed by atoms with E-state index in [1.54, 1.807) is 0 Å². The third kappa shape index (κ3) is 4.27. The highest BCUT2D eigenvalue weighted by Crippen LogP contribution is 2.03. The van der Waals surface area contributed by atoms with Gasteiger partial charge in [-0.05, 0) is 12.8 Å². The Morgan fingerprint density at radius 3 is 2.76 bits per heavy atom. The molecule has 1 fully saturated rings. The largest absolute Gasteiger partial charge is 0.480 e. The number of guanidine groups is 1. The van der Waals surface area contributed by atoms with Gasteiger partial charge in [0.25, 0.3) is 0 Å². The van der Waals surface area contributed by atoms with Crippen LogP contribution in [0.3, 0.4) is 0 Å². The number of piperazine rings is 1. The molecule has 1 rings (SSSR count). The number of carbonyl (C=O) groups is 2. The van der Waals surface area contributed by atoms with E-state index in [1.807, 2.05) is 0 Å². The van der Waals surface area contributed by atoms with Gasteiger partial charge in [-0.25, -0.2) is 4.79 Å². The summed E-state index contributed by atoms with van der Waals surface area (Å²) in [6, 6.07) is -1.23. The van der Waals surface area contributed by atoms with Gasteiger partial charge in [0, 0.05) is 13.1 Å². The van der Waals surface area contributed by atoms with Crippen molar-refractivity contribution in [1.82, 2.24) is 10.6 Å². The number of carboxylic acid groups (broad SMARTS) is 1. The second kappa shape index (κ2) is 6.04. The highest BCUT2D eigenvalue weighted by Gasteiger charge is 2.30. The number of nitrogens with zero attached hydrogens (tertiary/aromatic N) is 1. The molecule has 0 bridgehead atoms. The Bertz CT molecular complexity index is 327. The summed E-state index contributed by atoms with van der Waals surface area (Å²) in [6.45, 7) is 0.685. The SMILES string of the molecule is NC(N)=NCCCC1NCC(C(=O)O)NC1=O. The van der Waals surface area contributed by atoms with Crippen molar-refractivity contribution in [2.75, 3.05) is 13.1 Å². The highest BCUT2D eigenvalue weighted by molar-refractivity contribution is 5.88. The van der Waals surface area contributed by atoms with E-state index in [2.05, 4.69) is 15.6 Å². The number of nitrogens with two attached hydrogens (primary N) is 2. The standard InChI is InChI=1S/C9H17N5O3/c10-9(11)12-3-1-2-5-7(15)14-6(4-13-5)8(16)17/h5-6,13H,1-4H2,(H,14,15)(H,16,17)(H4,10,11,12). The molecular weight excluding hydrogens is 226 g/mol. The number of hydrogen-bond donors (Lipinski definition) is 5. The summed E-state index contributed by atoms with van der Waals surface area (Å²) in [4.78, 5) is 26.0. The summed E-state index contributed by atoms with van der Waals surface area (Å²) in [7, 11) is 0. The van der Waals surface area contributed by atoms with E-state index in [-0.39, 0.29) is 24.5 Å². The molecule has 8 nitrogen and oxygen atoms in total. The maximum Gasteiger partial charge on any atom is 0.327 e. The topological polar surface area (TPSA) is 143 Å². The van der Waals surface area contributed by atoms with Crippen molar-refractivity contribution in [2.24, 2.45) is 16.5 Å². The van der Waals surface area contributed by atoms with E-state index in [0.717, 1.165) is 0 Å². The Balaban J connectivity index is 2.30. The predicted molar refractivity (Wildman–Crippen MR) is 61.3 cm³/mol. The summed E-state index contributed by atoms with van der Waals surface area (Å²) in [5.41, 5.74) is 10.3. The number of amides is 1. The molecule has 0 aromatic carbocycles. The minimum atomic E-state index is -1.04. The zero-order valence-electron chi connectivity index (χ0n) is 9.35. The first-order valence-electron chi connectivity index (χ1n) is 5.32. The molecule has 96 valence electrons. The number of nitrogens with one attached hydrogen (secondary N) is 2. The summed E-state index contributed by atoms with van der Waals surface area (Å²) >= 11 is 0. The summed E-state index contributed by atoms with van der Waals surface area (Å²) < 4.78 is 0. The van der Waals surface area contributed by atoms with E-state index in [4.69, 9.17) is 16.6 Å². The zero-order chi connectivity index (χ0) is 12.8. The third-order valence-corrected chi connectivity index (χ3v) is 2.44. The van der Waals surface area contributed by atoms with Crippen LogP contribution in [0.5, 0.6) is 0 Å². The normalized spacial score (nSPS) is 23.9. The molecule has 1 heterocycles. The lowest BCUT2D eigenvalue weighted by molar-refractivity contribution is -0.143. The summed E-state index contributed by atoms with van der Waals surface area (Å²) in [6.07, 6.45) is 1.22. The molecule has 1 saturated heterocycles. The van der Waals surface area contributed by atoms with Gasteiger partial charge in [0.05, 0.1) is 6.04 Å². The number of carboxylic acids is 1. The minimum absolute atomic E-state index is 0.0250. The van der Waals surface area contributed by atoms with Crippen LogP contribution in [0.2, 0.25) is 0 Å². The van der Waals surface area contributed by atoms with Gasteiger partial charge in [-0.3, -0.25) is 9.79 Å². The average molecular weight is 243 g/mol. The number of carbonyl (C=O) groups excluding carboxylic acids is 1. The fourth-order valence-electron chi connectivity index (χ4n) is 1.56. The maximum atomic E-state index is 11.5. The maximum absolute atomic E-state index is 11.5. The van der Waals surface area contributed by atoms with Crippen LogP contribution in [0.25, 0.3) is 0 Å². The Kier molecular flexibility index (Phi) is 4.70. The minimum Gasteiger partial charge on any atom is -0.480 e. The van der Waals surface area contributed by atoms with Crippen LogP contribution in [0.1, 0.15) is 12.8 Å². The Morgan fingerprint density at radius 1 is 1.53 bits per heavy atom. The van der Waals surface area contributed by atoms with Crippen molar-refractivity contribution < 1.29 is 14.7 Å². The van der Waals surface area contributed by atoms with Crippen LogP contribution in [-0.2, 0) is 9.59 Å². The molecule has 0 aliphatic carbocycles. The molecule has 0 aromatic rings. The molecule has 1 aliphatic heterocycles. The van der Waals surface area contributed by atoms with Crippen molar-refractivity contribution >= 4 is 17.8 Å². The van der Waals surface area contributed by atoms with E-state index in [9.17, 15) is 9.59 Å². The zero-order valence-corrected chi connectivity index (χ0v) is 9.35. The molecular formula is C9H17N5O3. The van der Waals surface area contributed by atoms with Crippen LogP contribution >= 0.6 is 0 Å². The van der Waals surface area contributed by atoms with Gasteiger partial charge < -0.3 is 27.2 Å². The van der Waals surface area contributed by atoms with Gasteiger partial charge in [-0.2, -0.15) is 0 Å². The lowest BCUT2D eigenvalue weighted by Gasteiger charge is -2.27. The molecule has 2 unspecified atom stereocenters. The van der Waals surface area contributed by atoms with Crippen LogP contribution in [-0.4, -0.2) is 48.1 Å². The van der Waals surface area contributed by atoms with Gasteiger partial charge >= 0.3 is 5.97 Å². The highest BCUT2D eigenvalue weighted by atomic mass is 16.4. The molecule has 0 aromatic heterocycles. The first-order chi connectivity index (χ1) is 8.00. The fraction of sp³-hybridized carbons (Fsp3) is 0.667. The Labute approximate surface area is 98.4 Å². The Morgan fingerprint density at radius 2 is 2.24 bits per heavy atom. The number of hydrogen-bond acceptors (Lipinski definition) is 4. The Hall–Kier alpha value is -1.83. The van der Waals surface area contributed by atoms with Crippen LogP contribution in [0, 0.1) is 0 Å². The molecule has 1 aliphatic rings. The van der Waals surface area contributed by atoms with Crippen LogP contribution in [0.15, 0.2) is 4.99 Å². The molecule has 7 N–H and O–H groups in total. The second-order valence-corrected chi connectivity index (χ2v) is 3.81. The molecule has 1 amide bonds. The van der Waals surface area contributed by atoms with E-state index >= 15 is 0 Å². The second-order valence-electron chi connectivity index (χ2n) is 3.81. The third-order valence-electron chi connectivity index (χ3n) is 2.44. The lowest BCUT2D eigenvalue weighted by atomic mass is 10.1. The summed E-state index contributed by atoms with van der Waals surface area (Å²) in [5, 5.41) is 14.0. The van der Waals surface area contributed by atoms with Crippen LogP contribution < -0.4 is 22.1 Å². The predicted octanol–water partition coefficient (Wildman–Crippen LogP) is -2.42. The molecule has 0 spiro atoms. The van der Waals surface area contributed by atoms with Gasteiger partial charge in [-0.1, -0.05) is 0 Å². The van der Waals surface area contributed by atoms with Crippen molar-refractivity contribution in [3.63, 3.8) is 0 Å². The van der Waals surface area contributed by atoms with Gasteiger partial charge in [0.2, 0.25) is 5.91 Å². The average Bonchev–Trinajstić information content (AvgIpc) is 2.25. The molecule has 0 radical (unpaired) electrons. The summed E-state index contributed by atoms with van der Waals surface area (Å²) in [5.74, 6) is -1.31. The van der Waals surface area contributed by atoms with Gasteiger partial charge in [0.1, 0.15) is 6.04 Å². The van der Waals surface area contributed by atoms with Gasteiger partial charge in [-0.15, -0.1) is 0 Å². The van der Waals surface area contributed by atoms with Crippen LogP contribution in [0.4, 0.5) is 0 Å². The van der Waals surface area contributed by atoms with E-state index in [1.165, 1.54) is 0 Å². The first kappa shape index (κ1) is 13.2. The van der Waals surface area contributed by atoms with Crippen molar-refractivity contribution in [3.05, 3.63) is 0 Å². The van der Waals surface area contributed by atoms with Crippen molar-refractivity contribution in [3.8, 4) is 0 Å². The van der Waals surface area contributed by atoms with Gasteiger partial charge in [0.15, 0.2) is 5.96 Å². The molecule has 17 heavy (non-hydrogen) atoms. The quantitative estimate of drug-likeness (QED) is 0.206. The fourth-order valence-corrected chi connectivity index (χ4v) is 1.56. The van der Waals surface area contributed by atoms with Crippen molar-refractivity contribution in [2.45, 2.75) is 24.9 Å². The molecule has 8 heteroatoms. The first-order valence-corrected chi connectivity index (χ1v) is 5.32. The number of aliphatic carboxylic acids is 1. The van der Waals surface area contributed by atoms with E-state index < -0.39 is 12.0 Å². The van der Waals surface area contributed by atoms with E-state index in [0.29, 0.717) is 19.4 Å².